The Balaban J connectivity index is 0.00000180. The summed E-state index contributed by atoms with van der Waals surface area (Å²) in [5.41, 5.74) is 0.0597. The summed E-state index contributed by atoms with van der Waals surface area (Å²) in [7, 11) is 3.21. The van der Waals surface area contributed by atoms with Gasteiger partial charge in [0, 0.05) is 18.5 Å². The molecule has 0 saturated carbocycles. The van der Waals surface area contributed by atoms with E-state index in [-0.39, 0.29) is 23.8 Å². The molecule has 1 heterocycles. The minimum Gasteiger partial charge on any atom is -0.312 e. The maximum absolute atomic E-state index is 13.3. The Morgan fingerprint density at radius 1 is 1.26 bits per heavy atom. The Morgan fingerprint density at radius 3 is 2.32 bits per heavy atom. The summed E-state index contributed by atoms with van der Waals surface area (Å²) in [5.74, 6) is -2.02. The monoisotopic (exact) mass is 289 g/mol. The van der Waals surface area contributed by atoms with Crippen LogP contribution in [0.2, 0.25) is 0 Å². The van der Waals surface area contributed by atoms with E-state index in [1.54, 1.807) is 7.05 Å². The molecule has 7 heteroatoms. The highest BCUT2D eigenvalue weighted by molar-refractivity contribution is 5.85. The van der Waals surface area contributed by atoms with Gasteiger partial charge in [-0.2, -0.15) is 5.10 Å². The van der Waals surface area contributed by atoms with Gasteiger partial charge >= 0.3 is 0 Å². The predicted molar refractivity (Wildman–Crippen MR) is 71.6 cm³/mol. The summed E-state index contributed by atoms with van der Waals surface area (Å²) >= 11 is 0. The number of fused-ring (bicyclic) bond motifs is 1. The number of hydrogen-bond acceptors (Lipinski definition) is 3. The fourth-order valence-electron chi connectivity index (χ4n) is 1.83. The zero-order chi connectivity index (χ0) is 13.4. The molecule has 0 radical (unpaired) electrons. The Hall–Kier alpha value is -1.53. The first-order valence-electron chi connectivity index (χ1n) is 5.49. The minimum atomic E-state index is -1.03. The van der Waals surface area contributed by atoms with E-state index in [0.29, 0.717) is 11.1 Å². The number of halogens is 3. The molecule has 104 valence electrons. The second-order valence-corrected chi connectivity index (χ2v) is 4.14. The Morgan fingerprint density at radius 2 is 1.79 bits per heavy atom. The molecule has 4 nitrogen and oxygen atoms in total. The first-order valence-corrected chi connectivity index (χ1v) is 5.49. The maximum Gasteiger partial charge on any atom is 0.274 e. The van der Waals surface area contributed by atoms with E-state index < -0.39 is 17.2 Å². The Kier molecular flexibility index (Phi) is 4.60. The van der Waals surface area contributed by atoms with E-state index in [1.165, 1.54) is 7.05 Å². The van der Waals surface area contributed by atoms with Crippen molar-refractivity contribution in [2.45, 2.75) is 13.0 Å². The lowest BCUT2D eigenvalue weighted by Crippen LogP contribution is -2.25. The average Bonchev–Trinajstić information content (AvgIpc) is 2.35. The lowest BCUT2D eigenvalue weighted by Gasteiger charge is -2.14. The molecule has 1 aromatic carbocycles. The number of nitrogens with one attached hydrogen (secondary N) is 1. The van der Waals surface area contributed by atoms with Gasteiger partial charge in [0.2, 0.25) is 0 Å². The van der Waals surface area contributed by atoms with Gasteiger partial charge in [0.05, 0.1) is 11.1 Å². The van der Waals surface area contributed by atoms with E-state index >= 15 is 0 Å². The zero-order valence-corrected chi connectivity index (χ0v) is 11.5. The molecule has 0 aliphatic heterocycles. The maximum atomic E-state index is 13.3. The first kappa shape index (κ1) is 15.5. The normalized spacial score (nSPS) is 12.3. The first-order chi connectivity index (χ1) is 8.45. The van der Waals surface area contributed by atoms with Crippen molar-refractivity contribution in [3.05, 3.63) is 39.8 Å². The number of aromatic nitrogens is 2. The van der Waals surface area contributed by atoms with Crippen LogP contribution in [0.15, 0.2) is 16.9 Å². The highest BCUT2D eigenvalue weighted by Gasteiger charge is 2.16. The van der Waals surface area contributed by atoms with Crippen LogP contribution in [-0.4, -0.2) is 16.8 Å². The molecule has 0 bridgehead atoms. The molecule has 0 spiro atoms. The van der Waals surface area contributed by atoms with Gasteiger partial charge in [0.1, 0.15) is 0 Å². The van der Waals surface area contributed by atoms with Crippen LogP contribution in [0.25, 0.3) is 10.8 Å². The van der Waals surface area contributed by atoms with Crippen LogP contribution in [0.3, 0.4) is 0 Å². The van der Waals surface area contributed by atoms with Crippen LogP contribution in [0.5, 0.6) is 0 Å². The summed E-state index contributed by atoms with van der Waals surface area (Å²) < 4.78 is 27.6. The summed E-state index contributed by atoms with van der Waals surface area (Å²) in [4.78, 5) is 11.8. The molecule has 0 aliphatic rings. The van der Waals surface area contributed by atoms with Gasteiger partial charge < -0.3 is 5.32 Å². The number of aryl methyl sites for hydroxylation is 1. The third-order valence-electron chi connectivity index (χ3n) is 2.96. The number of nitrogens with zero attached hydrogens (tertiary/aromatic N) is 2. The molecule has 19 heavy (non-hydrogen) atoms. The minimum absolute atomic E-state index is 0. The van der Waals surface area contributed by atoms with Crippen molar-refractivity contribution in [3.63, 3.8) is 0 Å². The molecule has 0 aliphatic carbocycles. The summed E-state index contributed by atoms with van der Waals surface area (Å²) in [6.45, 7) is 1.83. The molecule has 1 aromatic heterocycles. The van der Waals surface area contributed by atoms with Gasteiger partial charge in [-0.25, -0.2) is 13.5 Å². The van der Waals surface area contributed by atoms with E-state index in [2.05, 4.69) is 10.4 Å². The van der Waals surface area contributed by atoms with Crippen molar-refractivity contribution in [1.82, 2.24) is 15.1 Å². The fourth-order valence-corrected chi connectivity index (χ4v) is 1.83. The molecule has 1 N–H and O–H groups in total. The van der Waals surface area contributed by atoms with Gasteiger partial charge in [-0.15, -0.1) is 12.4 Å². The molecule has 0 saturated heterocycles. The Bertz CT molecular complexity index is 672. The molecule has 2 rings (SSSR count). The third kappa shape index (κ3) is 2.59. The van der Waals surface area contributed by atoms with Gasteiger partial charge in [-0.05, 0) is 26.1 Å². The molecular weight excluding hydrogens is 276 g/mol. The van der Waals surface area contributed by atoms with Crippen LogP contribution in [0, 0.1) is 11.6 Å². The average molecular weight is 290 g/mol. The van der Waals surface area contributed by atoms with Crippen LogP contribution in [0.1, 0.15) is 18.7 Å². The second kappa shape index (κ2) is 5.63. The largest absolute Gasteiger partial charge is 0.312 e. The standard InChI is InChI=1S/C12H13F2N3O.ClH/c1-6(15-2)11-7-4-9(13)10(14)5-8(7)12(18)17(3)16-11;/h4-6,15H,1-3H3;1H/t6-;/m1./s1. The molecule has 2 aromatic rings. The van der Waals surface area contributed by atoms with E-state index in [0.717, 1.165) is 16.8 Å². The fraction of sp³-hybridized carbons (Fsp3) is 0.333. The molecule has 1 atom stereocenters. The van der Waals surface area contributed by atoms with Crippen LogP contribution >= 0.6 is 12.4 Å². The van der Waals surface area contributed by atoms with Crippen LogP contribution in [-0.2, 0) is 7.05 Å². The number of hydrogen-bond donors (Lipinski definition) is 1. The lowest BCUT2D eigenvalue weighted by molar-refractivity contribution is 0.509. The molecular formula is C12H14ClF2N3O. The summed E-state index contributed by atoms with van der Waals surface area (Å²) in [6, 6.07) is 1.76. The lowest BCUT2D eigenvalue weighted by atomic mass is 10.1. The highest BCUT2D eigenvalue weighted by atomic mass is 35.5. The Labute approximate surface area is 114 Å². The van der Waals surface area contributed by atoms with Gasteiger partial charge in [0.25, 0.3) is 5.56 Å². The van der Waals surface area contributed by atoms with Crippen molar-refractivity contribution in [1.29, 1.82) is 0 Å². The SMILES string of the molecule is CN[C@H](C)c1nn(C)c(=O)c2cc(F)c(F)cc12.Cl. The number of benzene rings is 1. The van der Waals surface area contributed by atoms with Crippen molar-refractivity contribution in [2.24, 2.45) is 7.05 Å². The summed E-state index contributed by atoms with van der Waals surface area (Å²) in [6.07, 6.45) is 0. The van der Waals surface area contributed by atoms with Crippen molar-refractivity contribution < 1.29 is 8.78 Å². The molecule has 0 fully saturated rings. The van der Waals surface area contributed by atoms with E-state index in [9.17, 15) is 13.6 Å². The quantitative estimate of drug-likeness (QED) is 0.919. The van der Waals surface area contributed by atoms with Gasteiger partial charge in [-0.1, -0.05) is 0 Å². The van der Waals surface area contributed by atoms with E-state index in [4.69, 9.17) is 0 Å². The second-order valence-electron chi connectivity index (χ2n) is 4.14. The van der Waals surface area contributed by atoms with E-state index in [1.807, 2.05) is 6.92 Å². The molecule has 0 amide bonds. The third-order valence-corrected chi connectivity index (χ3v) is 2.96. The van der Waals surface area contributed by atoms with Crippen molar-refractivity contribution in [2.75, 3.05) is 7.05 Å². The molecule has 0 unspecified atom stereocenters. The van der Waals surface area contributed by atoms with Crippen molar-refractivity contribution in [3.8, 4) is 0 Å². The zero-order valence-electron chi connectivity index (χ0n) is 10.7. The summed E-state index contributed by atoms with van der Waals surface area (Å²) in [5, 5.41) is 7.52. The topological polar surface area (TPSA) is 46.9 Å². The smallest absolute Gasteiger partial charge is 0.274 e. The number of rotatable bonds is 2. The van der Waals surface area contributed by atoms with Crippen molar-refractivity contribution >= 4 is 23.2 Å². The predicted octanol–water partition coefficient (Wildman–Crippen LogP) is 1.91. The van der Waals surface area contributed by atoms with Gasteiger partial charge in [-0.3, -0.25) is 4.79 Å². The highest BCUT2D eigenvalue weighted by Crippen LogP contribution is 2.22. The van der Waals surface area contributed by atoms with Crippen LogP contribution in [0.4, 0.5) is 8.78 Å². The van der Waals surface area contributed by atoms with Gasteiger partial charge in [0.15, 0.2) is 11.6 Å². The van der Waals surface area contributed by atoms with Crippen LogP contribution < -0.4 is 10.9 Å².